The number of aromatic nitrogens is 1. The highest BCUT2D eigenvalue weighted by Gasteiger charge is 2.42. The van der Waals surface area contributed by atoms with E-state index in [1.54, 1.807) is 13.3 Å². The van der Waals surface area contributed by atoms with Crippen LogP contribution in [0.1, 0.15) is 43.2 Å². The largest absolute Gasteiger partial charge is 0.481 e. The minimum atomic E-state index is -0.731. The summed E-state index contributed by atoms with van der Waals surface area (Å²) in [7, 11) is 1.62. The molecule has 104 valence electrons. The zero-order chi connectivity index (χ0) is 13.5. The fourth-order valence-electron chi connectivity index (χ4n) is 3.60. The summed E-state index contributed by atoms with van der Waals surface area (Å²) in [5, 5.41) is 14.6. The van der Waals surface area contributed by atoms with Gasteiger partial charge in [0.05, 0.1) is 12.7 Å². The first-order valence-electron chi connectivity index (χ1n) is 7.10. The van der Waals surface area contributed by atoms with E-state index in [1.165, 1.54) is 19.3 Å². The smallest absolute Gasteiger partial charge is 0.215 e. The zero-order valence-corrected chi connectivity index (χ0v) is 11.6. The van der Waals surface area contributed by atoms with Crippen molar-refractivity contribution in [2.75, 3.05) is 7.11 Å². The lowest BCUT2D eigenvalue weighted by molar-refractivity contribution is -0.0362. The standard InChI is InChI=1S/C15H22N2O2/c1-10-6-11(9-16-14(10)19-2)15(18)7-12-4-3-5-13(8-15)17-12/h6,9,12-13,17-18H,3-5,7-8H2,1-2H3. The van der Waals surface area contributed by atoms with Gasteiger partial charge in [-0.2, -0.15) is 0 Å². The number of piperidine rings is 2. The third kappa shape index (κ3) is 2.35. The van der Waals surface area contributed by atoms with Crippen molar-refractivity contribution < 1.29 is 9.84 Å². The number of fused-ring (bicyclic) bond motifs is 2. The van der Waals surface area contributed by atoms with Gasteiger partial charge in [0.15, 0.2) is 0 Å². The summed E-state index contributed by atoms with van der Waals surface area (Å²) in [6.45, 7) is 1.97. The summed E-state index contributed by atoms with van der Waals surface area (Å²) < 4.78 is 5.19. The summed E-state index contributed by atoms with van der Waals surface area (Å²) in [6, 6.07) is 2.91. The quantitative estimate of drug-likeness (QED) is 0.854. The molecule has 0 spiro atoms. The molecule has 4 nitrogen and oxygen atoms in total. The molecule has 2 saturated heterocycles. The Labute approximate surface area is 114 Å². The average Bonchev–Trinajstić information content (AvgIpc) is 2.38. The van der Waals surface area contributed by atoms with Crippen LogP contribution in [-0.2, 0) is 5.60 Å². The van der Waals surface area contributed by atoms with E-state index in [0.29, 0.717) is 18.0 Å². The number of aryl methyl sites for hydroxylation is 1. The van der Waals surface area contributed by atoms with Gasteiger partial charge in [0.1, 0.15) is 0 Å². The molecule has 2 aliphatic heterocycles. The highest BCUT2D eigenvalue weighted by Crippen LogP contribution is 2.40. The van der Waals surface area contributed by atoms with E-state index in [0.717, 1.165) is 24.0 Å². The lowest BCUT2D eigenvalue weighted by Gasteiger charge is -2.45. The predicted molar refractivity (Wildman–Crippen MR) is 73.2 cm³/mol. The van der Waals surface area contributed by atoms with Crippen molar-refractivity contribution in [3.63, 3.8) is 0 Å². The van der Waals surface area contributed by atoms with E-state index in [-0.39, 0.29) is 0 Å². The maximum absolute atomic E-state index is 11.0. The highest BCUT2D eigenvalue weighted by molar-refractivity contribution is 5.32. The van der Waals surface area contributed by atoms with E-state index in [9.17, 15) is 5.11 Å². The lowest BCUT2D eigenvalue weighted by atomic mass is 9.74. The molecule has 1 aromatic rings. The fraction of sp³-hybridized carbons (Fsp3) is 0.667. The molecule has 2 fully saturated rings. The average molecular weight is 262 g/mol. The predicted octanol–water partition coefficient (Wildman–Crippen LogP) is 1.89. The van der Waals surface area contributed by atoms with Crippen LogP contribution >= 0.6 is 0 Å². The van der Waals surface area contributed by atoms with Gasteiger partial charge in [-0.15, -0.1) is 0 Å². The summed E-state index contributed by atoms with van der Waals surface area (Å²) in [4.78, 5) is 4.31. The number of ether oxygens (including phenoxy) is 1. The summed E-state index contributed by atoms with van der Waals surface area (Å²) in [5.41, 5.74) is 1.19. The van der Waals surface area contributed by atoms with Crippen LogP contribution in [0.3, 0.4) is 0 Å². The van der Waals surface area contributed by atoms with Crippen molar-refractivity contribution in [2.45, 2.75) is 56.7 Å². The number of pyridine rings is 1. The maximum atomic E-state index is 11.0. The molecular formula is C15H22N2O2. The lowest BCUT2D eigenvalue weighted by Crippen LogP contribution is -2.54. The maximum Gasteiger partial charge on any atom is 0.215 e. The van der Waals surface area contributed by atoms with E-state index in [1.807, 2.05) is 13.0 Å². The molecule has 2 aliphatic rings. The minimum Gasteiger partial charge on any atom is -0.481 e. The molecule has 2 N–H and O–H groups in total. The van der Waals surface area contributed by atoms with Crippen LogP contribution in [0.2, 0.25) is 0 Å². The van der Waals surface area contributed by atoms with E-state index in [4.69, 9.17) is 4.74 Å². The Kier molecular flexibility index (Phi) is 3.23. The van der Waals surface area contributed by atoms with Gasteiger partial charge in [-0.05, 0) is 38.7 Å². The molecule has 3 heterocycles. The van der Waals surface area contributed by atoms with Crippen LogP contribution < -0.4 is 10.1 Å². The van der Waals surface area contributed by atoms with Crippen molar-refractivity contribution in [2.24, 2.45) is 0 Å². The van der Waals surface area contributed by atoms with Gasteiger partial charge in [0, 0.05) is 29.4 Å². The first-order valence-corrected chi connectivity index (χ1v) is 7.10. The second-order valence-electron chi connectivity index (χ2n) is 5.98. The second-order valence-corrected chi connectivity index (χ2v) is 5.98. The molecule has 0 aromatic carbocycles. The summed E-state index contributed by atoms with van der Waals surface area (Å²) >= 11 is 0. The fourth-order valence-corrected chi connectivity index (χ4v) is 3.60. The highest BCUT2D eigenvalue weighted by atomic mass is 16.5. The van der Waals surface area contributed by atoms with Crippen molar-refractivity contribution in [1.29, 1.82) is 0 Å². The molecule has 2 atom stereocenters. The minimum absolute atomic E-state index is 0.444. The summed E-state index contributed by atoms with van der Waals surface area (Å²) in [5.74, 6) is 0.640. The Morgan fingerprint density at radius 3 is 2.63 bits per heavy atom. The van der Waals surface area contributed by atoms with Gasteiger partial charge >= 0.3 is 0 Å². The van der Waals surface area contributed by atoms with E-state index >= 15 is 0 Å². The molecule has 1 aromatic heterocycles. The second kappa shape index (κ2) is 4.76. The van der Waals surface area contributed by atoms with Crippen molar-refractivity contribution >= 4 is 0 Å². The normalized spacial score (nSPS) is 34.1. The van der Waals surface area contributed by atoms with Crippen LogP contribution in [0.4, 0.5) is 0 Å². The molecule has 19 heavy (non-hydrogen) atoms. The topological polar surface area (TPSA) is 54.4 Å². The molecule has 0 saturated carbocycles. The van der Waals surface area contributed by atoms with Crippen LogP contribution in [0.5, 0.6) is 5.88 Å². The van der Waals surface area contributed by atoms with Crippen LogP contribution in [0.25, 0.3) is 0 Å². The number of hydrogen-bond donors (Lipinski definition) is 2. The molecule has 4 heteroatoms. The van der Waals surface area contributed by atoms with Crippen molar-refractivity contribution in [3.8, 4) is 5.88 Å². The SMILES string of the molecule is COc1ncc(C2(O)CC3CCCC(C2)N3)cc1C. The van der Waals surface area contributed by atoms with Gasteiger partial charge in [0.25, 0.3) is 0 Å². The first kappa shape index (κ1) is 12.9. The Balaban J connectivity index is 1.89. The van der Waals surface area contributed by atoms with Crippen molar-refractivity contribution in [1.82, 2.24) is 10.3 Å². The molecule has 2 bridgehead atoms. The third-order valence-corrected chi connectivity index (χ3v) is 4.51. The molecule has 0 radical (unpaired) electrons. The number of aliphatic hydroxyl groups is 1. The van der Waals surface area contributed by atoms with Crippen LogP contribution in [0.15, 0.2) is 12.3 Å². The Morgan fingerprint density at radius 1 is 1.37 bits per heavy atom. The molecule has 2 unspecified atom stereocenters. The zero-order valence-electron chi connectivity index (χ0n) is 11.6. The van der Waals surface area contributed by atoms with Crippen LogP contribution in [-0.4, -0.2) is 29.3 Å². The van der Waals surface area contributed by atoms with Crippen LogP contribution in [0, 0.1) is 6.92 Å². The Hall–Kier alpha value is -1.13. The van der Waals surface area contributed by atoms with Gasteiger partial charge in [0.2, 0.25) is 5.88 Å². The van der Waals surface area contributed by atoms with E-state index < -0.39 is 5.60 Å². The first-order chi connectivity index (χ1) is 9.10. The molecule has 0 amide bonds. The monoisotopic (exact) mass is 262 g/mol. The van der Waals surface area contributed by atoms with E-state index in [2.05, 4.69) is 10.3 Å². The summed E-state index contributed by atoms with van der Waals surface area (Å²) in [6.07, 6.45) is 6.96. The number of nitrogens with zero attached hydrogens (tertiary/aromatic N) is 1. The van der Waals surface area contributed by atoms with Gasteiger partial charge in [-0.25, -0.2) is 4.98 Å². The number of methoxy groups -OCH3 is 1. The number of rotatable bonds is 2. The van der Waals surface area contributed by atoms with Crippen molar-refractivity contribution in [3.05, 3.63) is 23.4 Å². The molecule has 0 aliphatic carbocycles. The van der Waals surface area contributed by atoms with Gasteiger partial charge in [-0.3, -0.25) is 0 Å². The number of nitrogens with one attached hydrogen (secondary N) is 1. The third-order valence-electron chi connectivity index (χ3n) is 4.51. The Morgan fingerprint density at radius 2 is 2.05 bits per heavy atom. The molecular weight excluding hydrogens is 240 g/mol. The van der Waals surface area contributed by atoms with Gasteiger partial charge < -0.3 is 15.2 Å². The van der Waals surface area contributed by atoms with Gasteiger partial charge in [-0.1, -0.05) is 6.42 Å². The number of hydrogen-bond acceptors (Lipinski definition) is 4. The Bertz CT molecular complexity index is 463. The molecule has 3 rings (SSSR count).